The van der Waals surface area contributed by atoms with Gasteiger partial charge in [0.1, 0.15) is 5.75 Å². The van der Waals surface area contributed by atoms with Crippen LogP contribution >= 0.6 is 11.8 Å². The lowest BCUT2D eigenvalue weighted by Gasteiger charge is -2.06. The van der Waals surface area contributed by atoms with Gasteiger partial charge in [0, 0.05) is 5.69 Å². The van der Waals surface area contributed by atoms with Crippen LogP contribution < -0.4 is 21.6 Å². The number of nitrogens with one attached hydrogen (secondary N) is 1. The summed E-state index contributed by atoms with van der Waals surface area (Å²) in [6.07, 6.45) is 0. The van der Waals surface area contributed by atoms with E-state index in [1.165, 1.54) is 0 Å². The van der Waals surface area contributed by atoms with Gasteiger partial charge in [-0.15, -0.1) is 0 Å². The predicted molar refractivity (Wildman–Crippen MR) is 74.5 cm³/mol. The molecule has 0 saturated heterocycles. The lowest BCUT2D eigenvalue weighted by molar-refractivity contribution is -0.113. The lowest BCUT2D eigenvalue weighted by atomic mass is 10.3. The van der Waals surface area contributed by atoms with E-state index in [-0.39, 0.29) is 16.8 Å². The Morgan fingerprint density at radius 1 is 1.44 bits per heavy atom. The summed E-state index contributed by atoms with van der Waals surface area (Å²) in [4.78, 5) is 11.5. The number of amidine groups is 1. The molecule has 0 bridgehead atoms. The van der Waals surface area contributed by atoms with Crippen molar-refractivity contribution >= 4 is 28.5 Å². The van der Waals surface area contributed by atoms with E-state index in [1.807, 2.05) is 6.92 Å². The molecular formula is C11H16N4O2S. The average molecular weight is 268 g/mol. The Bertz CT molecular complexity index is 420. The third kappa shape index (κ3) is 4.96. The molecule has 0 aliphatic carbocycles. The monoisotopic (exact) mass is 268 g/mol. The molecule has 5 N–H and O–H groups in total. The molecule has 0 heterocycles. The van der Waals surface area contributed by atoms with Gasteiger partial charge in [-0.25, -0.2) is 0 Å². The fourth-order valence-electron chi connectivity index (χ4n) is 1.17. The maximum atomic E-state index is 11.5. The van der Waals surface area contributed by atoms with Crippen LogP contribution in [-0.4, -0.2) is 23.4 Å². The quantitative estimate of drug-likeness (QED) is 0.319. The maximum Gasteiger partial charge on any atom is 0.234 e. The number of thioether (sulfide) groups is 1. The zero-order valence-corrected chi connectivity index (χ0v) is 10.9. The number of ether oxygens (including phenoxy) is 1. The highest BCUT2D eigenvalue weighted by atomic mass is 32.2. The number of hydrazone groups is 1. The van der Waals surface area contributed by atoms with Crippen molar-refractivity contribution < 1.29 is 9.53 Å². The van der Waals surface area contributed by atoms with Crippen molar-refractivity contribution in [2.24, 2.45) is 16.7 Å². The van der Waals surface area contributed by atoms with Gasteiger partial charge in [0.25, 0.3) is 0 Å². The molecule has 6 nitrogen and oxygen atoms in total. The molecule has 1 aromatic rings. The van der Waals surface area contributed by atoms with Gasteiger partial charge in [-0.3, -0.25) is 4.79 Å². The maximum absolute atomic E-state index is 11.5. The molecule has 1 rings (SSSR count). The number of amides is 1. The van der Waals surface area contributed by atoms with E-state index in [0.717, 1.165) is 17.5 Å². The smallest absolute Gasteiger partial charge is 0.234 e. The summed E-state index contributed by atoms with van der Waals surface area (Å²) in [5, 5.41) is 6.16. The van der Waals surface area contributed by atoms with E-state index in [9.17, 15) is 4.79 Å². The highest BCUT2D eigenvalue weighted by Gasteiger charge is 2.04. The molecule has 0 atom stereocenters. The molecule has 0 aliphatic rings. The van der Waals surface area contributed by atoms with Gasteiger partial charge in [-0.1, -0.05) is 11.8 Å². The zero-order valence-electron chi connectivity index (χ0n) is 10.1. The number of hydrogen-bond donors (Lipinski definition) is 3. The molecule has 0 saturated carbocycles. The lowest BCUT2D eigenvalue weighted by Crippen LogP contribution is -2.18. The minimum absolute atomic E-state index is 0.166. The second-order valence-corrected chi connectivity index (χ2v) is 4.26. The highest BCUT2D eigenvalue weighted by molar-refractivity contribution is 8.14. The summed E-state index contributed by atoms with van der Waals surface area (Å²) in [5.74, 6) is 5.72. The minimum atomic E-state index is -0.171. The Morgan fingerprint density at radius 3 is 2.67 bits per heavy atom. The Balaban J connectivity index is 2.44. The molecule has 98 valence electrons. The second kappa shape index (κ2) is 7.44. The number of hydrogen-bond acceptors (Lipinski definition) is 5. The van der Waals surface area contributed by atoms with E-state index < -0.39 is 0 Å². The van der Waals surface area contributed by atoms with Crippen molar-refractivity contribution in [1.82, 2.24) is 0 Å². The summed E-state index contributed by atoms with van der Waals surface area (Å²) in [6.45, 7) is 2.52. The van der Waals surface area contributed by atoms with Crippen LogP contribution in [0.4, 0.5) is 5.69 Å². The Kier molecular flexibility index (Phi) is 5.86. The van der Waals surface area contributed by atoms with Crippen molar-refractivity contribution in [3.05, 3.63) is 24.3 Å². The van der Waals surface area contributed by atoms with E-state index in [0.29, 0.717) is 12.3 Å². The highest BCUT2D eigenvalue weighted by Crippen LogP contribution is 2.15. The van der Waals surface area contributed by atoms with E-state index >= 15 is 0 Å². The Morgan fingerprint density at radius 2 is 2.11 bits per heavy atom. The number of nitrogens with zero attached hydrogens (tertiary/aromatic N) is 1. The normalized spacial score (nSPS) is 11.1. The number of nitrogens with two attached hydrogens (primary N) is 2. The fourth-order valence-corrected chi connectivity index (χ4v) is 1.60. The van der Waals surface area contributed by atoms with Crippen LogP contribution in [0, 0.1) is 0 Å². The van der Waals surface area contributed by atoms with Crippen LogP contribution in [0.25, 0.3) is 0 Å². The number of rotatable bonds is 5. The SMILES string of the molecule is CCOc1ccc(NC(=O)CSC(N)=NN)cc1. The van der Waals surface area contributed by atoms with E-state index in [4.69, 9.17) is 16.3 Å². The van der Waals surface area contributed by atoms with Crippen LogP contribution in [0.2, 0.25) is 0 Å². The van der Waals surface area contributed by atoms with Crippen molar-refractivity contribution in [3.8, 4) is 5.75 Å². The van der Waals surface area contributed by atoms with Crippen LogP contribution in [0.1, 0.15) is 6.92 Å². The summed E-state index contributed by atoms with van der Waals surface area (Å²) in [6, 6.07) is 7.13. The molecule has 0 aliphatic heterocycles. The minimum Gasteiger partial charge on any atom is -0.494 e. The molecule has 0 unspecified atom stereocenters. The third-order valence-electron chi connectivity index (χ3n) is 1.93. The van der Waals surface area contributed by atoms with Gasteiger partial charge >= 0.3 is 0 Å². The topological polar surface area (TPSA) is 103 Å². The van der Waals surface area contributed by atoms with Crippen molar-refractivity contribution in [3.63, 3.8) is 0 Å². The Hall–Kier alpha value is -1.89. The first-order valence-electron chi connectivity index (χ1n) is 5.34. The van der Waals surface area contributed by atoms with Gasteiger partial charge in [-0.2, -0.15) is 5.10 Å². The summed E-state index contributed by atoms with van der Waals surface area (Å²) in [5.41, 5.74) is 6.06. The number of benzene rings is 1. The molecule has 18 heavy (non-hydrogen) atoms. The first-order chi connectivity index (χ1) is 8.65. The molecule has 1 aromatic carbocycles. The second-order valence-electron chi connectivity index (χ2n) is 3.26. The van der Waals surface area contributed by atoms with Crippen molar-refractivity contribution in [2.75, 3.05) is 17.7 Å². The Labute approximate surface area is 110 Å². The molecule has 7 heteroatoms. The third-order valence-corrected chi connectivity index (χ3v) is 2.74. The summed E-state index contributed by atoms with van der Waals surface area (Å²) < 4.78 is 5.30. The van der Waals surface area contributed by atoms with Gasteiger partial charge < -0.3 is 21.6 Å². The summed E-state index contributed by atoms with van der Waals surface area (Å²) >= 11 is 1.08. The molecular weight excluding hydrogens is 252 g/mol. The van der Waals surface area contributed by atoms with Gasteiger partial charge in [0.15, 0.2) is 5.17 Å². The zero-order chi connectivity index (χ0) is 13.4. The average Bonchev–Trinajstić information content (AvgIpc) is 2.38. The number of carbonyl (C=O) groups excluding carboxylic acids is 1. The van der Waals surface area contributed by atoms with Crippen LogP contribution in [0.3, 0.4) is 0 Å². The van der Waals surface area contributed by atoms with Crippen LogP contribution in [-0.2, 0) is 4.79 Å². The van der Waals surface area contributed by atoms with Gasteiger partial charge in [0.05, 0.1) is 12.4 Å². The molecule has 0 spiro atoms. The standard InChI is InChI=1S/C11H16N4O2S/c1-2-17-9-5-3-8(4-6-9)14-10(16)7-18-11(12)15-13/h3-6H,2,7,13H2,1H3,(H2,12,15)(H,14,16). The molecule has 0 radical (unpaired) electrons. The largest absolute Gasteiger partial charge is 0.494 e. The molecule has 0 aromatic heterocycles. The van der Waals surface area contributed by atoms with E-state index in [2.05, 4.69) is 10.4 Å². The summed E-state index contributed by atoms with van der Waals surface area (Å²) in [7, 11) is 0. The van der Waals surface area contributed by atoms with E-state index in [1.54, 1.807) is 24.3 Å². The number of carbonyl (C=O) groups is 1. The van der Waals surface area contributed by atoms with Crippen LogP contribution in [0.5, 0.6) is 5.75 Å². The first-order valence-corrected chi connectivity index (χ1v) is 6.33. The van der Waals surface area contributed by atoms with Crippen molar-refractivity contribution in [1.29, 1.82) is 0 Å². The number of anilines is 1. The van der Waals surface area contributed by atoms with Crippen molar-refractivity contribution in [2.45, 2.75) is 6.92 Å². The fraction of sp³-hybridized carbons (Fsp3) is 0.273. The first kappa shape index (κ1) is 14.2. The van der Waals surface area contributed by atoms with Gasteiger partial charge in [0.2, 0.25) is 5.91 Å². The van der Waals surface area contributed by atoms with Crippen LogP contribution in [0.15, 0.2) is 29.4 Å². The van der Waals surface area contributed by atoms with Gasteiger partial charge in [-0.05, 0) is 31.2 Å². The molecule has 1 amide bonds. The molecule has 0 fully saturated rings. The predicted octanol–water partition coefficient (Wildman–Crippen LogP) is 0.945.